The largest absolute Gasteiger partial charge is 0.252 e. The lowest BCUT2D eigenvalue weighted by Crippen LogP contribution is -2.46. The number of nitrogens with zero attached hydrogens (tertiary/aromatic N) is 2. The molecule has 2 aromatic heterocycles. The van der Waals surface area contributed by atoms with Crippen molar-refractivity contribution < 1.29 is 8.78 Å². The predicted molar refractivity (Wildman–Crippen MR) is 564 cm³/mol. The molecule has 8 bridgehead atoms. The van der Waals surface area contributed by atoms with Crippen LogP contribution in [0, 0.1) is 39.3 Å². The van der Waals surface area contributed by atoms with E-state index in [9.17, 15) is 0 Å². The molecule has 137 heavy (non-hydrogen) atoms. The Morgan fingerprint density at radius 2 is 0.365 bits per heavy atom. The molecule has 12 saturated carbocycles. The van der Waals surface area contributed by atoms with Gasteiger partial charge in [-0.2, -0.15) is 0 Å². The van der Waals surface area contributed by atoms with Gasteiger partial charge in [0.25, 0.3) is 0 Å². The molecule has 2 heterocycles. The fourth-order valence-electron chi connectivity index (χ4n) is 28.3. The average molecular weight is 1790 g/mol. The molecule has 0 radical (unpaired) electrons. The van der Waals surface area contributed by atoms with E-state index in [1.807, 2.05) is 60.7 Å². The van der Waals surface area contributed by atoms with E-state index in [2.05, 4.69) is 321 Å². The fourth-order valence-corrected chi connectivity index (χ4v) is 28.3. The second kappa shape index (κ2) is 33.9. The van der Waals surface area contributed by atoms with Gasteiger partial charge in [0.2, 0.25) is 0 Å². The zero-order valence-corrected chi connectivity index (χ0v) is 80.6. The van der Waals surface area contributed by atoms with Gasteiger partial charge in [-0.3, -0.25) is 9.97 Å². The molecule has 0 unspecified atom stereocenters. The Labute approximate surface area is 810 Å². The predicted octanol–water partition coefficient (Wildman–Crippen LogP) is 35.2. The molecule has 12 fully saturated rings. The second-order valence-electron chi connectivity index (χ2n) is 44.4. The van der Waals surface area contributed by atoms with E-state index in [1.54, 1.807) is 23.3 Å². The number of halogens is 2. The van der Waals surface area contributed by atoms with E-state index in [0.29, 0.717) is 44.2 Å². The van der Waals surface area contributed by atoms with Crippen LogP contribution in [0.25, 0.3) is 112 Å². The Morgan fingerprint density at radius 3 is 0.569 bits per heavy atom. The molecule has 16 aromatic rings. The standard InChI is InChI=1S/C133H124F2N2/c1-89-83-99(35-53-113(89)95-27-45-109(46-28-95)130-65-59-126(60-66-130,61-67-130)105-15-9-7-10-16-105)101-37-55-115(91(3)85-101)97-31-49-111(50-32-97)132-77-71-128(72-78-132,73-79-132)107-41-23-93(24-42-107)103-39-57-117(119(134)87-103)121-19-13-21-123(136-121)125(5,6)124-22-14-20-122(137-124)118-58-40-104(88-120(118)135)94-25-43-108(44-26-94)129-74-80-133(81-75-129,82-76-129)112-51-33-98(34-52-112)116-56-38-102(86-92(116)4)100-36-54-114(90(2)84-100)96-29-47-110(48-30-96)131-68-62-127(63-69-131,64-70-131)106-17-11-8-12-18-106/h7-58,83-88H,59-82H2,1-6H3. The smallest absolute Gasteiger partial charge is 0.133 e. The van der Waals surface area contributed by atoms with Crippen molar-refractivity contribution in [2.75, 3.05) is 0 Å². The first-order chi connectivity index (χ1) is 66.7. The van der Waals surface area contributed by atoms with E-state index in [-0.39, 0.29) is 33.3 Å². The molecule has 0 spiro atoms. The lowest BCUT2D eigenvalue weighted by Gasteiger charge is -2.54. The van der Waals surface area contributed by atoms with Crippen LogP contribution >= 0.6 is 0 Å². The van der Waals surface area contributed by atoms with Crippen molar-refractivity contribution in [2.24, 2.45) is 0 Å². The monoisotopic (exact) mass is 1790 g/mol. The number of pyridine rings is 2. The van der Waals surface area contributed by atoms with Gasteiger partial charge >= 0.3 is 0 Å². The van der Waals surface area contributed by atoms with Crippen molar-refractivity contribution in [3.63, 3.8) is 0 Å². The number of hydrogen-bond acceptors (Lipinski definition) is 2. The molecule has 12 aliphatic carbocycles. The number of aromatic nitrogens is 2. The Hall–Kier alpha value is -12.8. The molecule has 4 heteroatoms. The highest BCUT2D eigenvalue weighted by atomic mass is 19.1. The topological polar surface area (TPSA) is 25.8 Å². The van der Waals surface area contributed by atoms with Crippen LogP contribution in [0.5, 0.6) is 0 Å². The van der Waals surface area contributed by atoms with Gasteiger partial charge < -0.3 is 0 Å². The summed E-state index contributed by atoms with van der Waals surface area (Å²) < 4.78 is 33.4. The normalized spacial score (nSPS) is 24.2. The molecule has 680 valence electrons. The molecular formula is C133H124F2N2. The number of aryl methyl sites for hydroxylation is 4. The van der Waals surface area contributed by atoms with Gasteiger partial charge in [0.05, 0.1) is 22.8 Å². The van der Waals surface area contributed by atoms with Crippen LogP contribution in [0.1, 0.15) is 246 Å². The summed E-state index contributed by atoms with van der Waals surface area (Å²) in [6.07, 6.45) is 29.6. The second-order valence-corrected chi connectivity index (χ2v) is 44.4. The van der Waals surface area contributed by atoms with Crippen LogP contribution in [0.15, 0.2) is 352 Å². The summed E-state index contributed by atoms with van der Waals surface area (Å²) >= 11 is 0. The minimum absolute atomic E-state index is 0.156. The van der Waals surface area contributed by atoms with Crippen molar-refractivity contribution in [3.8, 4) is 112 Å². The minimum atomic E-state index is -0.695. The molecule has 14 aromatic carbocycles. The van der Waals surface area contributed by atoms with Gasteiger partial charge in [-0.15, -0.1) is 0 Å². The van der Waals surface area contributed by atoms with Gasteiger partial charge in [0.15, 0.2) is 0 Å². The van der Waals surface area contributed by atoms with Crippen molar-refractivity contribution in [3.05, 3.63) is 442 Å². The number of rotatable bonds is 20. The average Bonchev–Trinajstić information content (AvgIpc) is 0.788. The SMILES string of the molecule is Cc1cc(-c2ccc(-c3ccc(C45CCC(c6ccc(-c7ccc(-c8cccc(C(C)(C)c9cccc(-c%10ccc(-c%11ccc(C%12%13CCC(c%14ccc(-c%15ccc(-c%16ccc(-c%17ccc(C%18%19CCC(c%20ccccc%20)(CC%18)CC%19)cc%17)c(C)c%16)cc%15C)cc%14)(CC%12)CC%13)cc%11)cc%10F)n9)n8)c(F)c7)cc6)(CC4)CC5)cc3)c(C)c2)ccc1-c1ccc(C23CCC(c4ccccc4)(CC2)CC3)cc1. The van der Waals surface area contributed by atoms with E-state index in [0.717, 1.165) is 33.6 Å². The molecule has 2 nitrogen and oxygen atoms in total. The number of hydrogen-bond donors (Lipinski definition) is 0. The maximum absolute atomic E-state index is 16.7. The van der Waals surface area contributed by atoms with E-state index >= 15 is 8.78 Å². The highest BCUT2D eigenvalue weighted by Crippen LogP contribution is 2.64. The van der Waals surface area contributed by atoms with Crippen LogP contribution in [0.2, 0.25) is 0 Å². The van der Waals surface area contributed by atoms with Gasteiger partial charge in [0.1, 0.15) is 11.6 Å². The molecule has 28 rings (SSSR count). The summed E-state index contributed by atoms with van der Waals surface area (Å²) in [5, 5.41) is 0. The highest BCUT2D eigenvalue weighted by molar-refractivity contribution is 5.81. The molecule has 0 atom stereocenters. The van der Waals surface area contributed by atoms with Crippen LogP contribution < -0.4 is 0 Å². The van der Waals surface area contributed by atoms with Gasteiger partial charge in [-0.25, -0.2) is 8.78 Å². The van der Waals surface area contributed by atoms with Crippen LogP contribution in [0.4, 0.5) is 8.78 Å². The number of benzene rings is 14. The van der Waals surface area contributed by atoms with Gasteiger partial charge in [-0.05, 0) is 443 Å². The summed E-state index contributed by atoms with van der Waals surface area (Å²) in [7, 11) is 0. The highest BCUT2D eigenvalue weighted by Gasteiger charge is 2.54. The van der Waals surface area contributed by atoms with E-state index < -0.39 is 5.41 Å². The van der Waals surface area contributed by atoms with E-state index in [1.165, 1.54) is 276 Å². The van der Waals surface area contributed by atoms with Crippen LogP contribution in [0.3, 0.4) is 0 Å². The van der Waals surface area contributed by atoms with Crippen molar-refractivity contribution in [1.29, 1.82) is 0 Å². The molecule has 12 aliphatic rings. The molecule has 0 N–H and O–H groups in total. The maximum Gasteiger partial charge on any atom is 0.133 e. The van der Waals surface area contributed by atoms with E-state index in [4.69, 9.17) is 9.97 Å². The fraction of sp³-hybridized carbons (Fsp3) is 0.293. The molecule has 0 aliphatic heterocycles. The van der Waals surface area contributed by atoms with Gasteiger partial charge in [0, 0.05) is 16.5 Å². The number of fused-ring (bicyclic) bond motifs is 12. The maximum atomic E-state index is 16.7. The minimum Gasteiger partial charge on any atom is -0.252 e. The quantitative estimate of drug-likeness (QED) is 0.0760. The first-order valence-corrected chi connectivity index (χ1v) is 51.4. The summed E-state index contributed by atoms with van der Waals surface area (Å²) in [6.45, 7) is 13.2. The van der Waals surface area contributed by atoms with Crippen LogP contribution in [-0.2, 0) is 48.7 Å². The summed E-state index contributed by atoms with van der Waals surface area (Å²) in [4.78, 5) is 10.3. The first-order valence-electron chi connectivity index (χ1n) is 51.4. The lowest BCUT2D eigenvalue weighted by molar-refractivity contribution is 0.102. The van der Waals surface area contributed by atoms with Crippen molar-refractivity contribution in [1.82, 2.24) is 9.97 Å². The third-order valence-corrected chi connectivity index (χ3v) is 37.5. The van der Waals surface area contributed by atoms with Crippen molar-refractivity contribution >= 4 is 0 Å². The molecule has 0 saturated heterocycles. The Bertz CT molecular complexity index is 6770. The summed E-state index contributed by atoms with van der Waals surface area (Å²) in [5.74, 6) is -0.637. The van der Waals surface area contributed by atoms with Gasteiger partial charge in [-0.1, -0.05) is 303 Å². The van der Waals surface area contributed by atoms with Crippen molar-refractivity contribution in [2.45, 2.75) is 244 Å². The third kappa shape index (κ3) is 15.2. The summed E-state index contributed by atoms with van der Waals surface area (Å²) in [5.41, 5.74) is 41.2. The summed E-state index contributed by atoms with van der Waals surface area (Å²) in [6, 6.07) is 130. The Morgan fingerprint density at radius 1 is 0.182 bits per heavy atom. The molecular weight excluding hydrogens is 1660 g/mol. The first kappa shape index (κ1) is 87.0. The Kier molecular flexibility index (Phi) is 21.5. The van der Waals surface area contributed by atoms with Crippen LogP contribution in [-0.4, -0.2) is 9.97 Å². The lowest BCUT2D eigenvalue weighted by atomic mass is 9.50. The molecule has 0 amide bonds. The zero-order chi connectivity index (χ0) is 92.7. The third-order valence-electron chi connectivity index (χ3n) is 37.5. The Balaban J connectivity index is 0.374. The zero-order valence-electron chi connectivity index (χ0n) is 80.6.